The van der Waals surface area contributed by atoms with Crippen molar-refractivity contribution in [2.24, 2.45) is 0 Å². The van der Waals surface area contributed by atoms with Crippen LogP contribution in [0.4, 0.5) is 0 Å². The Morgan fingerprint density at radius 1 is 1.13 bits per heavy atom. The van der Waals surface area contributed by atoms with Crippen molar-refractivity contribution in [3.8, 4) is 0 Å². The van der Waals surface area contributed by atoms with Crippen LogP contribution in [-0.4, -0.2) is 48.8 Å². The zero-order chi connectivity index (χ0) is 11.7. The number of hydrogen-bond donors (Lipinski definition) is 1. The molecule has 0 aromatic heterocycles. The normalized spacial score (nSPS) is 14.2. The third-order valence-electron chi connectivity index (χ3n) is 2.75. The van der Waals surface area contributed by atoms with Crippen LogP contribution in [-0.2, 0) is 0 Å². The molecule has 0 rings (SSSR count). The maximum atomic E-state index is 9.49. The largest absolute Gasteiger partial charge is 0.386 e. The van der Waals surface area contributed by atoms with Crippen LogP contribution in [0.3, 0.4) is 0 Å². The molecule has 1 N–H and O–H groups in total. The van der Waals surface area contributed by atoms with Crippen molar-refractivity contribution < 1.29 is 9.59 Å². The van der Waals surface area contributed by atoms with E-state index in [0.29, 0.717) is 5.88 Å². The number of rotatable bonds is 9. The van der Waals surface area contributed by atoms with Crippen molar-refractivity contribution in [1.82, 2.24) is 0 Å². The van der Waals surface area contributed by atoms with Gasteiger partial charge in [-0.1, -0.05) is 26.2 Å². The Hall–Kier alpha value is 0.210. The summed E-state index contributed by atoms with van der Waals surface area (Å²) in [5.74, 6) is 0.345. The summed E-state index contributed by atoms with van der Waals surface area (Å²) in [5, 5.41) is 9.49. The average molecular weight is 237 g/mol. The summed E-state index contributed by atoms with van der Waals surface area (Å²) in [5.41, 5.74) is 0. The van der Waals surface area contributed by atoms with Gasteiger partial charge in [-0.05, 0) is 12.8 Å². The highest BCUT2D eigenvalue weighted by molar-refractivity contribution is 6.18. The van der Waals surface area contributed by atoms with Gasteiger partial charge in [0, 0.05) is 0 Å². The highest BCUT2D eigenvalue weighted by Gasteiger charge is 2.19. The van der Waals surface area contributed by atoms with Gasteiger partial charge in [-0.25, -0.2) is 0 Å². The Morgan fingerprint density at radius 3 is 2.27 bits per heavy atom. The second-order valence-electron chi connectivity index (χ2n) is 5.06. The molecule has 0 aliphatic heterocycles. The first kappa shape index (κ1) is 15.2. The molecule has 0 aromatic carbocycles. The van der Waals surface area contributed by atoms with Crippen molar-refractivity contribution in [3.63, 3.8) is 0 Å². The zero-order valence-electron chi connectivity index (χ0n) is 10.5. The lowest BCUT2D eigenvalue weighted by molar-refractivity contribution is -0.893. The van der Waals surface area contributed by atoms with E-state index in [1.54, 1.807) is 0 Å². The summed E-state index contributed by atoms with van der Waals surface area (Å²) in [6.07, 6.45) is 6.18. The number of alkyl halides is 1. The quantitative estimate of drug-likeness (QED) is 0.371. The van der Waals surface area contributed by atoms with Gasteiger partial charge in [0.2, 0.25) is 0 Å². The molecule has 0 aliphatic carbocycles. The molecule has 2 nitrogen and oxygen atoms in total. The molecule has 0 amide bonds. The van der Waals surface area contributed by atoms with Gasteiger partial charge >= 0.3 is 0 Å². The van der Waals surface area contributed by atoms with Crippen molar-refractivity contribution in [1.29, 1.82) is 0 Å². The topological polar surface area (TPSA) is 20.2 Å². The molecular formula is C12H27ClNO+. The molecule has 3 heteroatoms. The van der Waals surface area contributed by atoms with Gasteiger partial charge in [-0.2, -0.15) is 0 Å². The van der Waals surface area contributed by atoms with E-state index in [4.69, 9.17) is 11.6 Å². The molecule has 0 heterocycles. The highest BCUT2D eigenvalue weighted by Crippen LogP contribution is 2.08. The lowest BCUT2D eigenvalue weighted by atomic mass is 10.1. The van der Waals surface area contributed by atoms with E-state index < -0.39 is 0 Å². The van der Waals surface area contributed by atoms with Crippen LogP contribution in [0, 0.1) is 0 Å². The number of halogens is 1. The number of likely N-dealkylation sites (N-methyl/N-ethyl adjacent to an activating group) is 1. The molecule has 1 atom stereocenters. The van der Waals surface area contributed by atoms with Gasteiger partial charge in [-0.15, -0.1) is 11.6 Å². The summed E-state index contributed by atoms with van der Waals surface area (Å²) < 4.78 is 0.875. The fourth-order valence-corrected chi connectivity index (χ4v) is 1.95. The van der Waals surface area contributed by atoms with Gasteiger partial charge < -0.3 is 9.59 Å². The number of hydrogen-bond acceptors (Lipinski definition) is 1. The van der Waals surface area contributed by atoms with Crippen molar-refractivity contribution >= 4 is 11.6 Å². The molecule has 0 aliphatic rings. The molecule has 0 bridgehead atoms. The summed E-state index contributed by atoms with van der Waals surface area (Å²) in [7, 11) is 4.32. The van der Waals surface area contributed by atoms with Crippen LogP contribution in [0.15, 0.2) is 0 Å². The molecule has 0 radical (unpaired) electrons. The van der Waals surface area contributed by atoms with E-state index in [0.717, 1.165) is 17.6 Å². The summed E-state index contributed by atoms with van der Waals surface area (Å²) in [6, 6.07) is 0. The predicted octanol–water partition coefficient (Wildman–Crippen LogP) is 2.63. The zero-order valence-corrected chi connectivity index (χ0v) is 11.3. The second-order valence-corrected chi connectivity index (χ2v) is 5.37. The van der Waals surface area contributed by atoms with Gasteiger partial charge in [0.15, 0.2) is 0 Å². The summed E-state index contributed by atoms with van der Waals surface area (Å²) in [4.78, 5) is 0. The Balaban J connectivity index is 3.55. The molecule has 0 fully saturated rings. The van der Waals surface area contributed by atoms with Crippen molar-refractivity contribution in [2.45, 2.75) is 45.1 Å². The molecule has 1 unspecified atom stereocenters. The first-order valence-corrected chi connectivity index (χ1v) is 6.61. The number of unbranched alkanes of at least 4 members (excludes halogenated alkanes) is 4. The van der Waals surface area contributed by atoms with E-state index in [1.807, 2.05) is 0 Å². The van der Waals surface area contributed by atoms with Crippen LogP contribution in [0.1, 0.15) is 39.0 Å². The highest BCUT2D eigenvalue weighted by atomic mass is 35.5. The Bertz CT molecular complexity index is 151. The van der Waals surface area contributed by atoms with E-state index in [-0.39, 0.29) is 6.10 Å². The maximum absolute atomic E-state index is 9.49. The number of aliphatic hydroxyl groups excluding tert-OH is 1. The molecular weight excluding hydrogens is 210 g/mol. The fourth-order valence-electron chi connectivity index (χ4n) is 1.85. The third-order valence-corrected chi connectivity index (χ3v) is 3.11. The third kappa shape index (κ3) is 9.16. The molecule has 0 saturated carbocycles. The predicted molar refractivity (Wildman–Crippen MR) is 67.3 cm³/mol. The minimum absolute atomic E-state index is 0.345. The van der Waals surface area contributed by atoms with Crippen LogP contribution in [0.2, 0.25) is 0 Å². The van der Waals surface area contributed by atoms with Crippen LogP contribution < -0.4 is 0 Å². The number of quaternary nitrogens is 1. The lowest BCUT2D eigenvalue weighted by Gasteiger charge is -2.31. The van der Waals surface area contributed by atoms with Crippen molar-refractivity contribution in [3.05, 3.63) is 0 Å². The van der Waals surface area contributed by atoms with Crippen molar-refractivity contribution in [2.75, 3.05) is 33.1 Å². The SMILES string of the molecule is CCCCCCC[N+](C)(C)CC(O)CCl. The Kier molecular flexibility index (Phi) is 8.49. The standard InChI is InChI=1S/C12H27ClNO/c1-4-5-6-7-8-9-14(2,3)11-12(15)10-13/h12,15H,4-11H2,1-3H3/q+1. The average Bonchev–Trinajstić information content (AvgIpc) is 2.16. The van der Waals surface area contributed by atoms with Crippen LogP contribution in [0.25, 0.3) is 0 Å². The molecule has 15 heavy (non-hydrogen) atoms. The fraction of sp³-hybridized carbons (Fsp3) is 1.00. The van der Waals surface area contributed by atoms with Crippen LogP contribution in [0.5, 0.6) is 0 Å². The molecule has 0 saturated heterocycles. The van der Waals surface area contributed by atoms with E-state index >= 15 is 0 Å². The van der Waals surface area contributed by atoms with Gasteiger partial charge in [0.25, 0.3) is 0 Å². The number of nitrogens with zero attached hydrogens (tertiary/aromatic N) is 1. The van der Waals surface area contributed by atoms with E-state index in [2.05, 4.69) is 21.0 Å². The smallest absolute Gasteiger partial charge is 0.116 e. The second kappa shape index (κ2) is 8.37. The monoisotopic (exact) mass is 236 g/mol. The molecule has 0 aromatic rings. The minimum atomic E-state index is -0.364. The summed E-state index contributed by atoms with van der Waals surface area (Å²) >= 11 is 5.60. The summed E-state index contributed by atoms with van der Waals surface area (Å²) in [6.45, 7) is 4.13. The van der Waals surface area contributed by atoms with Gasteiger partial charge in [0.1, 0.15) is 12.6 Å². The van der Waals surface area contributed by atoms with Gasteiger partial charge in [0.05, 0.1) is 26.5 Å². The first-order valence-electron chi connectivity index (χ1n) is 6.08. The maximum Gasteiger partial charge on any atom is 0.116 e. The Labute approximate surface area is 99.8 Å². The number of aliphatic hydroxyl groups is 1. The lowest BCUT2D eigenvalue weighted by Crippen LogP contribution is -2.46. The van der Waals surface area contributed by atoms with Crippen LogP contribution >= 0.6 is 11.6 Å². The van der Waals surface area contributed by atoms with E-state index in [9.17, 15) is 5.11 Å². The first-order chi connectivity index (χ1) is 7.02. The molecule has 92 valence electrons. The minimum Gasteiger partial charge on any atom is -0.386 e. The van der Waals surface area contributed by atoms with Gasteiger partial charge in [-0.3, -0.25) is 0 Å². The Morgan fingerprint density at radius 2 is 1.73 bits per heavy atom. The van der Waals surface area contributed by atoms with E-state index in [1.165, 1.54) is 32.1 Å². The molecule has 0 spiro atoms.